The Bertz CT molecular complexity index is 1230. The number of nitrogens with zero attached hydrogens (tertiary/aromatic N) is 3. The van der Waals surface area contributed by atoms with Crippen LogP contribution in [-0.4, -0.2) is 40.6 Å². The average molecular weight is 463 g/mol. The van der Waals surface area contributed by atoms with Crippen LogP contribution in [0.2, 0.25) is 0 Å². The lowest BCUT2D eigenvalue weighted by atomic mass is 10.2. The van der Waals surface area contributed by atoms with Gasteiger partial charge in [0, 0.05) is 29.8 Å². The number of nitro groups is 1. The number of hydrogen-bond acceptors (Lipinski definition) is 7. The van der Waals surface area contributed by atoms with Gasteiger partial charge >= 0.3 is 0 Å². The number of thiazole rings is 1. The van der Waals surface area contributed by atoms with E-state index in [1.165, 1.54) is 34.6 Å². The van der Waals surface area contributed by atoms with Crippen LogP contribution < -0.4 is 5.32 Å². The second kappa shape index (κ2) is 8.69. The molecule has 0 aliphatic rings. The van der Waals surface area contributed by atoms with Crippen LogP contribution in [-0.2, 0) is 10.0 Å². The highest BCUT2D eigenvalue weighted by Gasteiger charge is 2.29. The Kier molecular flexibility index (Phi) is 6.39. The predicted molar refractivity (Wildman–Crippen MR) is 120 cm³/mol. The van der Waals surface area contributed by atoms with Crippen molar-refractivity contribution in [2.45, 2.75) is 44.7 Å². The van der Waals surface area contributed by atoms with E-state index in [0.29, 0.717) is 15.3 Å². The molecule has 1 N–H and O–H groups in total. The highest BCUT2D eigenvalue weighted by Crippen LogP contribution is 2.30. The summed E-state index contributed by atoms with van der Waals surface area (Å²) in [6.07, 6.45) is 0. The summed E-state index contributed by atoms with van der Waals surface area (Å²) in [5.41, 5.74) is 0.698. The Morgan fingerprint density at radius 2 is 1.71 bits per heavy atom. The molecule has 11 heteroatoms. The number of hydrogen-bond donors (Lipinski definition) is 1. The van der Waals surface area contributed by atoms with Gasteiger partial charge in [-0.25, -0.2) is 13.4 Å². The van der Waals surface area contributed by atoms with Crippen molar-refractivity contribution < 1.29 is 18.1 Å². The number of amides is 1. The molecule has 9 nitrogen and oxygen atoms in total. The molecule has 0 unspecified atom stereocenters. The van der Waals surface area contributed by atoms with Crippen molar-refractivity contribution in [3.05, 3.63) is 58.1 Å². The molecular formula is C20H22N4O5S2. The molecule has 3 aromatic rings. The molecule has 1 aromatic heterocycles. The summed E-state index contributed by atoms with van der Waals surface area (Å²) in [5.74, 6) is -0.465. The zero-order valence-corrected chi connectivity index (χ0v) is 19.0. The van der Waals surface area contributed by atoms with E-state index >= 15 is 0 Å². The standard InChI is InChI=1S/C20H22N4O5S2/c1-12(2)23(13(3)4)31(28,29)16-9-10-17-18(11-16)30-20(21-17)22-19(25)14-5-7-15(8-6-14)24(26)27/h5-13H,1-4H3,(H,21,22,25). The number of benzene rings is 2. The SMILES string of the molecule is CC(C)N(C(C)C)S(=O)(=O)c1ccc2nc(NC(=O)c3ccc([N+](=O)[O-])cc3)sc2c1. The van der Waals surface area contributed by atoms with Gasteiger partial charge in [0.05, 0.1) is 20.0 Å². The number of nitro benzene ring substituents is 1. The van der Waals surface area contributed by atoms with Gasteiger partial charge < -0.3 is 0 Å². The quantitative estimate of drug-likeness (QED) is 0.413. The topological polar surface area (TPSA) is 123 Å². The van der Waals surface area contributed by atoms with E-state index in [0.717, 1.165) is 11.3 Å². The number of aromatic nitrogens is 1. The minimum Gasteiger partial charge on any atom is -0.298 e. The van der Waals surface area contributed by atoms with Crippen LogP contribution in [0.4, 0.5) is 10.8 Å². The lowest BCUT2D eigenvalue weighted by Gasteiger charge is -2.29. The maximum atomic E-state index is 13.1. The molecule has 0 aliphatic carbocycles. The Labute approximate surface area is 183 Å². The molecule has 0 spiro atoms. The first kappa shape index (κ1) is 22.8. The third kappa shape index (κ3) is 4.73. The lowest BCUT2D eigenvalue weighted by Crippen LogP contribution is -2.41. The molecule has 0 aliphatic heterocycles. The van der Waals surface area contributed by atoms with Crippen molar-refractivity contribution in [3.8, 4) is 0 Å². The fraction of sp³-hybridized carbons (Fsp3) is 0.300. The van der Waals surface area contributed by atoms with Crippen molar-refractivity contribution in [2.24, 2.45) is 0 Å². The molecule has 1 amide bonds. The third-order valence-corrected chi connectivity index (χ3v) is 7.70. The highest BCUT2D eigenvalue weighted by molar-refractivity contribution is 7.89. The number of non-ortho nitro benzene ring substituents is 1. The van der Waals surface area contributed by atoms with Crippen LogP contribution in [0, 0.1) is 10.1 Å². The molecule has 31 heavy (non-hydrogen) atoms. The Balaban J connectivity index is 1.87. The zero-order valence-electron chi connectivity index (χ0n) is 17.4. The maximum Gasteiger partial charge on any atom is 0.269 e. The van der Waals surface area contributed by atoms with Gasteiger partial charge in [-0.2, -0.15) is 4.31 Å². The molecule has 1 heterocycles. The summed E-state index contributed by atoms with van der Waals surface area (Å²) in [6.45, 7) is 7.31. The Morgan fingerprint density at radius 3 is 2.26 bits per heavy atom. The zero-order chi connectivity index (χ0) is 22.9. The minimum atomic E-state index is -3.69. The van der Waals surface area contributed by atoms with Gasteiger partial charge in [-0.15, -0.1) is 0 Å². The molecule has 0 bridgehead atoms. The fourth-order valence-electron chi connectivity index (χ4n) is 3.30. The number of rotatable bonds is 7. The molecule has 0 fully saturated rings. The van der Waals surface area contributed by atoms with Crippen LogP contribution in [0.3, 0.4) is 0 Å². The molecule has 2 aromatic carbocycles. The van der Waals surface area contributed by atoms with Crippen LogP contribution in [0.15, 0.2) is 47.4 Å². The van der Waals surface area contributed by atoms with Crippen molar-refractivity contribution in [1.82, 2.24) is 9.29 Å². The monoisotopic (exact) mass is 462 g/mol. The highest BCUT2D eigenvalue weighted by atomic mass is 32.2. The first-order valence-corrected chi connectivity index (χ1v) is 11.8. The maximum absolute atomic E-state index is 13.1. The van der Waals surface area contributed by atoms with E-state index in [1.807, 2.05) is 27.7 Å². The smallest absolute Gasteiger partial charge is 0.269 e. The number of nitrogens with one attached hydrogen (secondary N) is 1. The summed E-state index contributed by atoms with van der Waals surface area (Å²) in [7, 11) is -3.69. The van der Waals surface area contributed by atoms with Crippen molar-refractivity contribution in [1.29, 1.82) is 0 Å². The van der Waals surface area contributed by atoms with Crippen molar-refractivity contribution >= 4 is 48.3 Å². The normalized spacial score (nSPS) is 12.1. The van der Waals surface area contributed by atoms with Gasteiger partial charge in [0.1, 0.15) is 0 Å². The largest absolute Gasteiger partial charge is 0.298 e. The van der Waals surface area contributed by atoms with Gasteiger partial charge in [0.25, 0.3) is 11.6 Å². The van der Waals surface area contributed by atoms with Gasteiger partial charge in [-0.3, -0.25) is 20.2 Å². The number of carbonyl (C=O) groups excluding carboxylic acids is 1. The summed E-state index contributed by atoms with van der Waals surface area (Å²) in [5, 5.41) is 13.7. The molecule has 0 saturated heterocycles. The van der Waals surface area contributed by atoms with Crippen LogP contribution in [0.5, 0.6) is 0 Å². The van der Waals surface area contributed by atoms with Crippen LogP contribution >= 0.6 is 11.3 Å². The molecule has 0 radical (unpaired) electrons. The lowest BCUT2D eigenvalue weighted by molar-refractivity contribution is -0.384. The van der Waals surface area contributed by atoms with Crippen molar-refractivity contribution in [2.75, 3.05) is 5.32 Å². The molecule has 164 valence electrons. The molecule has 0 saturated carbocycles. The van der Waals surface area contributed by atoms with Crippen LogP contribution in [0.25, 0.3) is 10.2 Å². The molecule has 3 rings (SSSR count). The second-order valence-corrected chi connectivity index (χ2v) is 10.3. The van der Waals surface area contributed by atoms with Gasteiger partial charge in [-0.05, 0) is 58.0 Å². The van der Waals surface area contributed by atoms with Crippen molar-refractivity contribution in [3.63, 3.8) is 0 Å². The first-order valence-electron chi connectivity index (χ1n) is 9.50. The van der Waals surface area contributed by atoms with Gasteiger partial charge in [0.15, 0.2) is 5.13 Å². The fourth-order valence-corrected chi connectivity index (χ4v) is 6.13. The number of sulfonamides is 1. The minimum absolute atomic E-state index is 0.109. The van der Waals surface area contributed by atoms with E-state index in [-0.39, 0.29) is 28.2 Å². The van der Waals surface area contributed by atoms with E-state index in [4.69, 9.17) is 0 Å². The molecule has 0 atom stereocenters. The number of anilines is 1. The average Bonchev–Trinajstić information content (AvgIpc) is 3.08. The number of carbonyl (C=O) groups is 1. The summed E-state index contributed by atoms with van der Waals surface area (Å²) >= 11 is 1.15. The van der Waals surface area contributed by atoms with Gasteiger partial charge in [-0.1, -0.05) is 11.3 Å². The Hall–Kier alpha value is -2.89. The molecular weight excluding hydrogens is 440 g/mol. The van der Waals surface area contributed by atoms with E-state index in [2.05, 4.69) is 10.3 Å². The van der Waals surface area contributed by atoms with E-state index in [9.17, 15) is 23.3 Å². The predicted octanol–water partition coefficient (Wildman–Crippen LogP) is 4.26. The van der Waals surface area contributed by atoms with Crippen LogP contribution in [0.1, 0.15) is 38.1 Å². The third-order valence-electron chi connectivity index (χ3n) is 4.51. The van der Waals surface area contributed by atoms with E-state index < -0.39 is 20.9 Å². The van der Waals surface area contributed by atoms with E-state index in [1.54, 1.807) is 12.1 Å². The first-order chi connectivity index (χ1) is 14.5. The number of fused-ring (bicyclic) bond motifs is 1. The summed E-state index contributed by atoms with van der Waals surface area (Å²) in [6, 6.07) is 9.50. The summed E-state index contributed by atoms with van der Waals surface area (Å²) < 4.78 is 28.3. The van der Waals surface area contributed by atoms with Gasteiger partial charge in [0.2, 0.25) is 10.0 Å². The Morgan fingerprint density at radius 1 is 1.10 bits per heavy atom. The summed E-state index contributed by atoms with van der Waals surface area (Å²) in [4.78, 5) is 27.1. The second-order valence-electron chi connectivity index (χ2n) is 7.43.